The van der Waals surface area contributed by atoms with Crippen LogP contribution in [0, 0.1) is 5.82 Å². The van der Waals surface area contributed by atoms with E-state index in [4.69, 9.17) is 0 Å². The second-order valence-electron chi connectivity index (χ2n) is 7.63. The Kier molecular flexibility index (Phi) is 4.98. The van der Waals surface area contributed by atoms with Gasteiger partial charge in [-0.25, -0.2) is 4.39 Å². The highest BCUT2D eigenvalue weighted by molar-refractivity contribution is 5.95. The van der Waals surface area contributed by atoms with Gasteiger partial charge in [0.25, 0.3) is 0 Å². The largest absolute Gasteiger partial charge is 0.385 e. The number of amides is 1. The molecular weight excluding hydrogens is 343 g/mol. The van der Waals surface area contributed by atoms with E-state index in [0.29, 0.717) is 19.3 Å². The molecule has 2 fully saturated rings. The fourth-order valence-corrected chi connectivity index (χ4v) is 4.09. The summed E-state index contributed by atoms with van der Waals surface area (Å²) in [6, 6.07) is 14.4. The van der Waals surface area contributed by atoms with Crippen molar-refractivity contribution in [1.82, 2.24) is 4.90 Å². The normalized spacial score (nSPS) is 20.2. The van der Waals surface area contributed by atoms with Crippen LogP contribution in [0.2, 0.25) is 0 Å². The number of anilines is 1. The van der Waals surface area contributed by atoms with Crippen molar-refractivity contribution < 1.29 is 14.3 Å². The molecule has 0 unspecified atom stereocenters. The second kappa shape index (κ2) is 7.41. The molecule has 0 radical (unpaired) electrons. The summed E-state index contributed by atoms with van der Waals surface area (Å²) in [7, 11) is 0. The maximum Gasteiger partial charge on any atom is 0.227 e. The maximum atomic E-state index is 13.1. The fraction of sp³-hybridized carbons (Fsp3) is 0.409. The molecule has 0 bridgehead atoms. The van der Waals surface area contributed by atoms with Crippen LogP contribution in [-0.4, -0.2) is 35.5 Å². The van der Waals surface area contributed by atoms with Crippen molar-refractivity contribution in [2.45, 2.75) is 37.8 Å². The molecule has 0 spiro atoms. The van der Waals surface area contributed by atoms with Crippen LogP contribution in [-0.2, 0) is 16.9 Å². The predicted molar refractivity (Wildman–Crippen MR) is 103 cm³/mol. The average molecular weight is 368 g/mol. The smallest absolute Gasteiger partial charge is 0.227 e. The Morgan fingerprint density at radius 3 is 2.22 bits per heavy atom. The molecule has 2 aromatic carbocycles. The first-order valence-corrected chi connectivity index (χ1v) is 9.64. The highest BCUT2D eigenvalue weighted by Crippen LogP contribution is 2.33. The summed E-state index contributed by atoms with van der Waals surface area (Å²) >= 11 is 0. The molecule has 142 valence electrons. The maximum absolute atomic E-state index is 13.1. The SMILES string of the molecule is O=C1CCCN1c1ccc(CN2CCC(O)(c3ccc(F)cc3)CC2)cc1. The molecule has 27 heavy (non-hydrogen) atoms. The lowest BCUT2D eigenvalue weighted by atomic mass is 9.84. The number of hydrogen-bond donors (Lipinski definition) is 1. The Hall–Kier alpha value is -2.24. The van der Waals surface area contributed by atoms with E-state index in [2.05, 4.69) is 17.0 Å². The van der Waals surface area contributed by atoms with E-state index in [1.807, 2.05) is 17.0 Å². The molecule has 2 saturated heterocycles. The third-order valence-corrected chi connectivity index (χ3v) is 5.79. The summed E-state index contributed by atoms with van der Waals surface area (Å²) in [5.41, 5.74) is 2.11. The molecule has 5 heteroatoms. The van der Waals surface area contributed by atoms with E-state index in [0.717, 1.165) is 43.9 Å². The molecule has 1 amide bonds. The molecule has 0 saturated carbocycles. The van der Waals surface area contributed by atoms with Gasteiger partial charge in [0.1, 0.15) is 5.82 Å². The lowest BCUT2D eigenvalue weighted by molar-refractivity contribution is -0.117. The highest BCUT2D eigenvalue weighted by atomic mass is 19.1. The Balaban J connectivity index is 1.35. The molecular formula is C22H25FN2O2. The summed E-state index contributed by atoms with van der Waals surface area (Å²) in [5.74, 6) is -0.0716. The molecule has 2 heterocycles. The summed E-state index contributed by atoms with van der Waals surface area (Å²) in [5, 5.41) is 10.9. The van der Waals surface area contributed by atoms with Crippen molar-refractivity contribution in [3.8, 4) is 0 Å². The minimum absolute atomic E-state index is 0.207. The number of carbonyl (C=O) groups is 1. The van der Waals surface area contributed by atoms with Crippen LogP contribution in [0.4, 0.5) is 10.1 Å². The number of benzene rings is 2. The minimum Gasteiger partial charge on any atom is -0.385 e. The van der Waals surface area contributed by atoms with Crippen LogP contribution in [0.1, 0.15) is 36.8 Å². The summed E-state index contributed by atoms with van der Waals surface area (Å²) in [6.45, 7) is 3.22. The molecule has 1 N–H and O–H groups in total. The summed E-state index contributed by atoms with van der Waals surface area (Å²) in [4.78, 5) is 16.0. The summed E-state index contributed by atoms with van der Waals surface area (Å²) < 4.78 is 13.1. The second-order valence-corrected chi connectivity index (χ2v) is 7.63. The lowest BCUT2D eigenvalue weighted by Gasteiger charge is -2.38. The van der Waals surface area contributed by atoms with Crippen molar-refractivity contribution >= 4 is 11.6 Å². The Labute approximate surface area is 159 Å². The van der Waals surface area contributed by atoms with Gasteiger partial charge in [-0.05, 0) is 54.7 Å². The molecule has 2 aliphatic heterocycles. The zero-order valence-corrected chi connectivity index (χ0v) is 15.4. The van der Waals surface area contributed by atoms with E-state index in [-0.39, 0.29) is 11.7 Å². The number of aliphatic hydroxyl groups is 1. The van der Waals surface area contributed by atoms with Gasteiger partial charge in [0.15, 0.2) is 0 Å². The Morgan fingerprint density at radius 2 is 1.63 bits per heavy atom. The average Bonchev–Trinajstić information content (AvgIpc) is 3.11. The fourth-order valence-electron chi connectivity index (χ4n) is 4.09. The first-order valence-electron chi connectivity index (χ1n) is 9.64. The Morgan fingerprint density at radius 1 is 0.963 bits per heavy atom. The first-order chi connectivity index (χ1) is 13.0. The van der Waals surface area contributed by atoms with E-state index < -0.39 is 5.60 Å². The van der Waals surface area contributed by atoms with Gasteiger partial charge in [-0.2, -0.15) is 0 Å². The van der Waals surface area contributed by atoms with Crippen LogP contribution in [0.5, 0.6) is 0 Å². The first kappa shape index (κ1) is 18.1. The van der Waals surface area contributed by atoms with Crippen LogP contribution in [0.15, 0.2) is 48.5 Å². The number of hydrogen-bond acceptors (Lipinski definition) is 3. The number of carbonyl (C=O) groups excluding carboxylic acids is 1. The van der Waals surface area contributed by atoms with Gasteiger partial charge < -0.3 is 10.0 Å². The van der Waals surface area contributed by atoms with Gasteiger partial charge >= 0.3 is 0 Å². The van der Waals surface area contributed by atoms with Gasteiger partial charge in [-0.3, -0.25) is 9.69 Å². The van der Waals surface area contributed by atoms with Crippen LogP contribution in [0.25, 0.3) is 0 Å². The number of likely N-dealkylation sites (tertiary alicyclic amines) is 1. The van der Waals surface area contributed by atoms with E-state index in [9.17, 15) is 14.3 Å². The van der Waals surface area contributed by atoms with Crippen LogP contribution in [0.3, 0.4) is 0 Å². The van der Waals surface area contributed by atoms with Crippen molar-refractivity contribution in [3.05, 3.63) is 65.5 Å². The molecule has 2 aliphatic rings. The van der Waals surface area contributed by atoms with Crippen molar-refractivity contribution in [2.24, 2.45) is 0 Å². The Bertz CT molecular complexity index is 796. The van der Waals surface area contributed by atoms with E-state index in [1.54, 1.807) is 12.1 Å². The number of piperidine rings is 1. The van der Waals surface area contributed by atoms with Crippen molar-refractivity contribution in [1.29, 1.82) is 0 Å². The molecule has 4 rings (SSSR count). The summed E-state index contributed by atoms with van der Waals surface area (Å²) in [6.07, 6.45) is 2.86. The zero-order valence-electron chi connectivity index (χ0n) is 15.4. The van der Waals surface area contributed by atoms with E-state index >= 15 is 0 Å². The van der Waals surface area contributed by atoms with E-state index in [1.165, 1.54) is 17.7 Å². The monoisotopic (exact) mass is 368 g/mol. The lowest BCUT2D eigenvalue weighted by Crippen LogP contribution is -2.42. The van der Waals surface area contributed by atoms with Crippen molar-refractivity contribution in [3.63, 3.8) is 0 Å². The van der Waals surface area contributed by atoms with Crippen LogP contribution < -0.4 is 4.90 Å². The third kappa shape index (κ3) is 3.89. The van der Waals surface area contributed by atoms with Gasteiger partial charge in [-0.15, -0.1) is 0 Å². The molecule has 0 aromatic heterocycles. The quantitative estimate of drug-likeness (QED) is 0.899. The predicted octanol–water partition coefficient (Wildman–Crippen LogP) is 3.44. The molecule has 0 aliphatic carbocycles. The van der Waals surface area contributed by atoms with Gasteiger partial charge in [0.2, 0.25) is 5.91 Å². The van der Waals surface area contributed by atoms with Gasteiger partial charge in [0.05, 0.1) is 5.60 Å². The highest BCUT2D eigenvalue weighted by Gasteiger charge is 2.33. The molecule has 2 aromatic rings. The number of nitrogens with zero attached hydrogens (tertiary/aromatic N) is 2. The minimum atomic E-state index is -0.871. The van der Waals surface area contributed by atoms with Crippen LogP contribution >= 0.6 is 0 Å². The van der Waals surface area contributed by atoms with Gasteiger partial charge in [-0.1, -0.05) is 24.3 Å². The number of rotatable bonds is 4. The van der Waals surface area contributed by atoms with Crippen molar-refractivity contribution in [2.75, 3.05) is 24.5 Å². The zero-order chi connectivity index (χ0) is 18.9. The molecule has 4 nitrogen and oxygen atoms in total. The standard InChI is InChI=1S/C22H25FN2O2/c23-19-7-5-18(6-8-19)22(27)11-14-24(15-12-22)16-17-3-9-20(10-4-17)25-13-1-2-21(25)26/h3-10,27H,1-2,11-16H2. The number of halogens is 1. The van der Waals surface area contributed by atoms with Gasteiger partial charge in [0, 0.05) is 38.3 Å². The third-order valence-electron chi connectivity index (χ3n) is 5.79. The topological polar surface area (TPSA) is 43.8 Å². The molecule has 0 atom stereocenters.